The molecule has 0 fully saturated rings. The average Bonchev–Trinajstić information content (AvgIpc) is 2.48. The fourth-order valence-corrected chi connectivity index (χ4v) is 2.30. The molecule has 0 radical (unpaired) electrons. The van der Waals surface area contributed by atoms with E-state index in [1.165, 1.54) is 11.3 Å². The number of hydrogen-bond acceptors (Lipinski definition) is 3. The zero-order chi connectivity index (χ0) is 8.97. The van der Waals surface area contributed by atoms with Crippen LogP contribution in [0.1, 0.15) is 4.88 Å². The van der Waals surface area contributed by atoms with Crippen LogP contribution in [0.5, 0.6) is 0 Å². The normalized spacial score (nSPS) is 13.2. The zero-order valence-electron chi connectivity index (χ0n) is 6.65. The smallest absolute Gasteiger partial charge is 0.196 e. The van der Waals surface area contributed by atoms with Gasteiger partial charge in [-0.1, -0.05) is 0 Å². The van der Waals surface area contributed by atoms with Crippen LogP contribution in [0.4, 0.5) is 0 Å². The van der Waals surface area contributed by atoms with Crippen LogP contribution in [0, 0.1) is 0 Å². The third-order valence-corrected chi connectivity index (χ3v) is 3.46. The van der Waals surface area contributed by atoms with Crippen molar-refractivity contribution in [1.82, 2.24) is 0 Å². The van der Waals surface area contributed by atoms with Gasteiger partial charge in [-0.3, -0.25) is 0 Å². The Labute approximate surface area is 77.7 Å². The summed E-state index contributed by atoms with van der Waals surface area (Å²) in [5, 5.41) is 0. The first-order chi connectivity index (χ1) is 5.74. The van der Waals surface area contributed by atoms with Crippen LogP contribution < -0.4 is 0 Å². The topological polar surface area (TPSA) is 46.5 Å². The van der Waals surface area contributed by atoms with E-state index in [4.69, 9.17) is 9.29 Å². The minimum absolute atomic E-state index is 0.501. The van der Waals surface area contributed by atoms with Gasteiger partial charge in [0.1, 0.15) is 4.21 Å². The third kappa shape index (κ3) is 2.67. The van der Waals surface area contributed by atoms with Crippen LogP contribution in [0.15, 0.2) is 16.3 Å². The molecule has 1 N–H and O–H groups in total. The van der Waals surface area contributed by atoms with E-state index in [1.807, 2.05) is 6.07 Å². The van der Waals surface area contributed by atoms with Crippen molar-refractivity contribution >= 4 is 22.4 Å². The van der Waals surface area contributed by atoms with Gasteiger partial charge in [0.15, 0.2) is 11.1 Å². The fraction of sp³-hybridized carbons (Fsp3) is 0.429. The van der Waals surface area contributed by atoms with Crippen molar-refractivity contribution in [3.8, 4) is 0 Å². The Bertz CT molecular complexity index is 269. The van der Waals surface area contributed by atoms with Gasteiger partial charge in [0.2, 0.25) is 0 Å². The highest BCUT2D eigenvalue weighted by Gasteiger charge is 2.03. The van der Waals surface area contributed by atoms with Crippen LogP contribution in [-0.4, -0.2) is 22.5 Å². The highest BCUT2D eigenvalue weighted by molar-refractivity contribution is 7.81. The predicted molar refractivity (Wildman–Crippen MR) is 48.9 cm³/mol. The molecule has 5 heteroatoms. The first-order valence-electron chi connectivity index (χ1n) is 3.42. The number of methoxy groups -OCH3 is 1. The Morgan fingerprint density at radius 2 is 2.42 bits per heavy atom. The summed E-state index contributed by atoms with van der Waals surface area (Å²) in [5.74, 6) is 0. The summed E-state index contributed by atoms with van der Waals surface area (Å²) in [5.41, 5.74) is 0. The standard InChI is InChI=1S/C7H10O3S2/c1-10-5-4-6-2-3-7(11-6)12(8)9/h2-3H,4-5H2,1H3,(H,8,9). The predicted octanol–water partition coefficient (Wildman–Crippen LogP) is 1.52. The molecule has 68 valence electrons. The molecule has 0 saturated heterocycles. The Morgan fingerprint density at radius 1 is 1.67 bits per heavy atom. The highest BCUT2D eigenvalue weighted by Crippen LogP contribution is 2.19. The van der Waals surface area contributed by atoms with Crippen molar-refractivity contribution < 1.29 is 13.5 Å². The Kier molecular flexibility index (Phi) is 3.87. The molecule has 3 nitrogen and oxygen atoms in total. The minimum Gasteiger partial charge on any atom is -0.384 e. The van der Waals surface area contributed by atoms with E-state index in [-0.39, 0.29) is 0 Å². The molecule has 0 spiro atoms. The van der Waals surface area contributed by atoms with Crippen molar-refractivity contribution in [2.24, 2.45) is 0 Å². The minimum atomic E-state index is -1.84. The van der Waals surface area contributed by atoms with Crippen molar-refractivity contribution in [2.45, 2.75) is 10.6 Å². The van der Waals surface area contributed by atoms with E-state index in [1.54, 1.807) is 13.2 Å². The maximum absolute atomic E-state index is 10.6. The molecule has 1 rings (SSSR count). The molecular formula is C7H10O3S2. The molecule has 1 aromatic heterocycles. The zero-order valence-corrected chi connectivity index (χ0v) is 8.28. The maximum atomic E-state index is 10.6. The summed E-state index contributed by atoms with van der Waals surface area (Å²) in [7, 11) is 1.64. The lowest BCUT2D eigenvalue weighted by molar-refractivity contribution is 0.203. The first-order valence-corrected chi connectivity index (χ1v) is 5.35. The van der Waals surface area contributed by atoms with Gasteiger partial charge in [-0.15, -0.1) is 11.3 Å². The lowest BCUT2D eigenvalue weighted by Gasteiger charge is -1.93. The van der Waals surface area contributed by atoms with E-state index in [2.05, 4.69) is 0 Å². The van der Waals surface area contributed by atoms with E-state index in [0.717, 1.165) is 11.3 Å². The van der Waals surface area contributed by atoms with Gasteiger partial charge >= 0.3 is 0 Å². The van der Waals surface area contributed by atoms with Gasteiger partial charge in [0.05, 0.1) is 6.61 Å². The van der Waals surface area contributed by atoms with E-state index < -0.39 is 11.1 Å². The summed E-state index contributed by atoms with van der Waals surface area (Å²) < 4.78 is 24.7. The second-order valence-electron chi connectivity index (χ2n) is 2.21. The van der Waals surface area contributed by atoms with Crippen molar-refractivity contribution in [2.75, 3.05) is 13.7 Å². The third-order valence-electron chi connectivity index (χ3n) is 1.36. The second kappa shape index (κ2) is 4.71. The van der Waals surface area contributed by atoms with Crippen molar-refractivity contribution in [1.29, 1.82) is 0 Å². The molecule has 0 aliphatic heterocycles. The summed E-state index contributed by atoms with van der Waals surface area (Å²) >= 11 is -0.485. The summed E-state index contributed by atoms with van der Waals surface area (Å²) in [6.45, 7) is 0.651. The van der Waals surface area contributed by atoms with E-state index in [9.17, 15) is 4.21 Å². The van der Waals surface area contributed by atoms with E-state index in [0.29, 0.717) is 10.8 Å². The Hall–Kier alpha value is -0.230. The summed E-state index contributed by atoms with van der Waals surface area (Å²) in [6.07, 6.45) is 0.804. The van der Waals surface area contributed by atoms with Crippen LogP contribution in [0.2, 0.25) is 0 Å². The second-order valence-corrected chi connectivity index (χ2v) is 4.58. The molecule has 0 aliphatic carbocycles. The molecule has 0 aromatic carbocycles. The van der Waals surface area contributed by atoms with E-state index >= 15 is 0 Å². The monoisotopic (exact) mass is 206 g/mol. The van der Waals surface area contributed by atoms with Crippen LogP contribution in [0.3, 0.4) is 0 Å². The average molecular weight is 206 g/mol. The molecule has 0 bridgehead atoms. The lowest BCUT2D eigenvalue weighted by atomic mass is 10.4. The van der Waals surface area contributed by atoms with Crippen LogP contribution >= 0.6 is 11.3 Å². The molecule has 1 atom stereocenters. The highest BCUT2D eigenvalue weighted by atomic mass is 32.2. The summed E-state index contributed by atoms with van der Waals surface area (Å²) in [4.78, 5) is 1.08. The quantitative estimate of drug-likeness (QED) is 0.760. The van der Waals surface area contributed by atoms with Gasteiger partial charge in [0.25, 0.3) is 0 Å². The van der Waals surface area contributed by atoms with Gasteiger partial charge in [-0.2, -0.15) is 0 Å². The van der Waals surface area contributed by atoms with Gasteiger partial charge in [-0.05, 0) is 12.1 Å². The lowest BCUT2D eigenvalue weighted by Crippen LogP contribution is -1.90. The molecule has 1 unspecified atom stereocenters. The molecule has 12 heavy (non-hydrogen) atoms. The summed E-state index contributed by atoms with van der Waals surface area (Å²) in [6, 6.07) is 3.53. The van der Waals surface area contributed by atoms with Gasteiger partial charge in [0, 0.05) is 18.4 Å². The SMILES string of the molecule is COCCc1ccc(S(=O)O)s1. The molecular weight excluding hydrogens is 196 g/mol. The molecule has 1 heterocycles. The fourth-order valence-electron chi connectivity index (χ4n) is 0.789. The maximum Gasteiger partial charge on any atom is 0.196 e. The van der Waals surface area contributed by atoms with Gasteiger partial charge in [-0.25, -0.2) is 4.21 Å². The molecule has 0 saturated carbocycles. The largest absolute Gasteiger partial charge is 0.384 e. The number of rotatable bonds is 4. The molecule has 0 aliphatic rings. The molecule has 0 amide bonds. The number of ether oxygens (including phenoxy) is 1. The van der Waals surface area contributed by atoms with Crippen LogP contribution in [0.25, 0.3) is 0 Å². The first kappa shape index (κ1) is 9.85. The van der Waals surface area contributed by atoms with Crippen molar-refractivity contribution in [3.05, 3.63) is 17.0 Å². The van der Waals surface area contributed by atoms with Crippen LogP contribution in [-0.2, 0) is 22.2 Å². The van der Waals surface area contributed by atoms with Crippen molar-refractivity contribution in [3.63, 3.8) is 0 Å². The number of hydrogen-bond donors (Lipinski definition) is 1. The Morgan fingerprint density at radius 3 is 2.92 bits per heavy atom. The molecule has 1 aromatic rings. The Balaban J connectivity index is 2.58. The number of thiophene rings is 1. The van der Waals surface area contributed by atoms with Gasteiger partial charge < -0.3 is 9.29 Å².